The van der Waals surface area contributed by atoms with Crippen LogP contribution in [0.5, 0.6) is 0 Å². The van der Waals surface area contributed by atoms with Crippen LogP contribution in [0.15, 0.2) is 0 Å². The average Bonchev–Trinajstić information content (AvgIpc) is 2.42. The van der Waals surface area contributed by atoms with Crippen LogP contribution in [0.2, 0.25) is 0 Å². The molecular weight excluding hydrogens is 196 g/mol. The lowest BCUT2D eigenvalue weighted by atomic mass is 9.76. The zero-order chi connectivity index (χ0) is 11.6. The van der Waals surface area contributed by atoms with Gasteiger partial charge in [-0.3, -0.25) is 9.59 Å². The molecule has 0 aliphatic carbocycles. The molecule has 1 aliphatic rings. The zero-order valence-corrected chi connectivity index (χ0v) is 9.45. The van der Waals surface area contributed by atoms with E-state index in [0.717, 1.165) is 0 Å². The summed E-state index contributed by atoms with van der Waals surface area (Å²) in [6, 6.07) is 0. The second-order valence-corrected chi connectivity index (χ2v) is 5.14. The van der Waals surface area contributed by atoms with E-state index in [4.69, 9.17) is 9.84 Å². The van der Waals surface area contributed by atoms with Crippen LogP contribution in [0.25, 0.3) is 0 Å². The van der Waals surface area contributed by atoms with Crippen LogP contribution < -0.4 is 0 Å². The summed E-state index contributed by atoms with van der Waals surface area (Å²) in [5.41, 5.74) is -0.0185. The molecule has 1 N–H and O–H groups in total. The molecule has 4 nitrogen and oxygen atoms in total. The highest BCUT2D eigenvalue weighted by Gasteiger charge is 2.41. The molecule has 0 radical (unpaired) electrons. The summed E-state index contributed by atoms with van der Waals surface area (Å²) in [7, 11) is 0. The molecule has 15 heavy (non-hydrogen) atoms. The lowest BCUT2D eigenvalue weighted by Gasteiger charge is -2.29. The fraction of sp³-hybridized carbons (Fsp3) is 0.818. The minimum atomic E-state index is -0.842. The van der Waals surface area contributed by atoms with Gasteiger partial charge in [-0.25, -0.2) is 0 Å². The van der Waals surface area contributed by atoms with Gasteiger partial charge in [0.25, 0.3) is 0 Å². The number of hydrogen-bond acceptors (Lipinski definition) is 3. The van der Waals surface area contributed by atoms with E-state index in [-0.39, 0.29) is 29.8 Å². The van der Waals surface area contributed by atoms with Gasteiger partial charge in [-0.05, 0) is 11.8 Å². The predicted molar refractivity (Wildman–Crippen MR) is 54.3 cm³/mol. The van der Waals surface area contributed by atoms with E-state index in [1.807, 2.05) is 20.8 Å². The summed E-state index contributed by atoms with van der Waals surface area (Å²) in [6.07, 6.45) is 0.662. The highest BCUT2D eigenvalue weighted by atomic mass is 16.5. The highest BCUT2D eigenvalue weighted by Crippen LogP contribution is 2.39. The molecule has 1 aliphatic heterocycles. The summed E-state index contributed by atoms with van der Waals surface area (Å²) < 4.78 is 5.15. The van der Waals surface area contributed by atoms with Gasteiger partial charge in [0.1, 0.15) is 6.10 Å². The Kier molecular flexibility index (Phi) is 3.37. The molecule has 1 saturated heterocycles. The summed E-state index contributed by atoms with van der Waals surface area (Å²) in [6.45, 7) is 6.15. The van der Waals surface area contributed by atoms with Crippen molar-refractivity contribution in [3.8, 4) is 0 Å². The van der Waals surface area contributed by atoms with Crippen LogP contribution in [-0.4, -0.2) is 23.1 Å². The maximum absolute atomic E-state index is 11.2. The number of carbonyl (C=O) groups excluding carboxylic acids is 1. The quantitative estimate of drug-likeness (QED) is 0.728. The van der Waals surface area contributed by atoms with Crippen LogP contribution in [0.1, 0.15) is 40.0 Å². The molecule has 0 aromatic rings. The first-order valence-electron chi connectivity index (χ1n) is 5.22. The van der Waals surface area contributed by atoms with Gasteiger partial charge in [0, 0.05) is 12.3 Å². The maximum atomic E-state index is 11.2. The normalized spacial score (nSPS) is 26.5. The molecule has 0 bridgehead atoms. The summed E-state index contributed by atoms with van der Waals surface area (Å²) >= 11 is 0. The van der Waals surface area contributed by atoms with Crippen molar-refractivity contribution >= 4 is 11.9 Å². The van der Waals surface area contributed by atoms with Crippen LogP contribution in [0.3, 0.4) is 0 Å². The number of cyclic esters (lactones) is 1. The first kappa shape index (κ1) is 12.0. The van der Waals surface area contributed by atoms with Crippen LogP contribution in [0, 0.1) is 11.3 Å². The fourth-order valence-corrected chi connectivity index (χ4v) is 2.00. The summed E-state index contributed by atoms with van der Waals surface area (Å²) in [5, 5.41) is 8.59. The van der Waals surface area contributed by atoms with Gasteiger partial charge in [0.2, 0.25) is 0 Å². The molecule has 0 saturated carbocycles. The van der Waals surface area contributed by atoms with Crippen molar-refractivity contribution < 1.29 is 19.4 Å². The van der Waals surface area contributed by atoms with Crippen molar-refractivity contribution in [1.29, 1.82) is 0 Å². The van der Waals surface area contributed by atoms with Crippen LogP contribution in [-0.2, 0) is 14.3 Å². The van der Waals surface area contributed by atoms with Crippen molar-refractivity contribution in [3.63, 3.8) is 0 Å². The van der Waals surface area contributed by atoms with Gasteiger partial charge in [0.05, 0.1) is 6.42 Å². The Bertz CT molecular complexity index is 264. The van der Waals surface area contributed by atoms with Gasteiger partial charge in [0.15, 0.2) is 0 Å². The van der Waals surface area contributed by atoms with E-state index in [1.165, 1.54) is 0 Å². The Morgan fingerprint density at radius 1 is 1.53 bits per heavy atom. The van der Waals surface area contributed by atoms with E-state index >= 15 is 0 Å². The molecular formula is C11H18O4. The van der Waals surface area contributed by atoms with Crippen LogP contribution >= 0.6 is 0 Å². The van der Waals surface area contributed by atoms with Crippen molar-refractivity contribution in [3.05, 3.63) is 0 Å². The number of aliphatic carboxylic acids is 1. The molecule has 1 rings (SSSR count). The zero-order valence-electron chi connectivity index (χ0n) is 9.45. The summed E-state index contributed by atoms with van der Waals surface area (Å²) in [4.78, 5) is 21.6. The molecule has 0 unspecified atom stereocenters. The van der Waals surface area contributed by atoms with E-state index in [9.17, 15) is 9.59 Å². The molecule has 0 spiro atoms. The molecule has 86 valence electrons. The third kappa shape index (κ3) is 3.22. The number of hydrogen-bond donors (Lipinski definition) is 1. The van der Waals surface area contributed by atoms with Gasteiger partial charge in [-0.15, -0.1) is 0 Å². The molecule has 2 atom stereocenters. The van der Waals surface area contributed by atoms with Crippen molar-refractivity contribution in [1.82, 2.24) is 0 Å². The monoisotopic (exact) mass is 214 g/mol. The topological polar surface area (TPSA) is 63.6 Å². The number of carboxylic acids is 1. The SMILES string of the molecule is CC(C)(C)[C@@H]1CC(=O)O[C@H]1CCC(=O)O. The second-order valence-electron chi connectivity index (χ2n) is 5.14. The standard InChI is InChI=1S/C11H18O4/c1-11(2,3)7-6-10(14)15-8(7)4-5-9(12)13/h7-8H,4-6H2,1-3H3,(H,12,13)/t7-,8+/m1/s1. The predicted octanol–water partition coefficient (Wildman–Crippen LogP) is 1.83. The number of carbonyl (C=O) groups is 2. The Hall–Kier alpha value is -1.06. The second kappa shape index (κ2) is 4.21. The van der Waals surface area contributed by atoms with E-state index in [1.54, 1.807) is 0 Å². The maximum Gasteiger partial charge on any atom is 0.306 e. The fourth-order valence-electron chi connectivity index (χ4n) is 2.00. The highest BCUT2D eigenvalue weighted by molar-refractivity contribution is 5.72. The van der Waals surface area contributed by atoms with Crippen LogP contribution in [0.4, 0.5) is 0 Å². The minimum absolute atomic E-state index is 0.0185. The van der Waals surface area contributed by atoms with Gasteiger partial charge < -0.3 is 9.84 Å². The molecule has 0 amide bonds. The van der Waals surface area contributed by atoms with Gasteiger partial charge in [-0.2, -0.15) is 0 Å². The van der Waals surface area contributed by atoms with Crippen molar-refractivity contribution in [2.24, 2.45) is 11.3 Å². The smallest absolute Gasteiger partial charge is 0.306 e. The largest absolute Gasteiger partial charge is 0.481 e. The number of carboxylic acid groups (broad SMARTS) is 1. The van der Waals surface area contributed by atoms with E-state index in [2.05, 4.69) is 0 Å². The first-order chi connectivity index (χ1) is 6.80. The lowest BCUT2D eigenvalue weighted by molar-refractivity contribution is -0.144. The Morgan fingerprint density at radius 3 is 2.60 bits per heavy atom. The van der Waals surface area contributed by atoms with E-state index < -0.39 is 5.97 Å². The number of esters is 1. The van der Waals surface area contributed by atoms with Gasteiger partial charge >= 0.3 is 11.9 Å². The third-order valence-corrected chi connectivity index (χ3v) is 2.87. The molecule has 1 heterocycles. The molecule has 1 fully saturated rings. The average molecular weight is 214 g/mol. The van der Waals surface area contributed by atoms with Gasteiger partial charge in [-0.1, -0.05) is 20.8 Å². The summed E-state index contributed by atoms with van der Waals surface area (Å²) in [5.74, 6) is -0.916. The number of rotatable bonds is 3. The Balaban J connectivity index is 2.61. The van der Waals surface area contributed by atoms with E-state index in [0.29, 0.717) is 12.8 Å². The first-order valence-corrected chi connectivity index (χ1v) is 5.22. The number of ether oxygens (including phenoxy) is 1. The lowest BCUT2D eigenvalue weighted by Crippen LogP contribution is -2.29. The molecule has 0 aromatic heterocycles. The molecule has 0 aromatic carbocycles. The third-order valence-electron chi connectivity index (χ3n) is 2.87. The Labute approximate surface area is 89.6 Å². The van der Waals surface area contributed by atoms with Crippen molar-refractivity contribution in [2.45, 2.75) is 46.1 Å². The van der Waals surface area contributed by atoms with Crippen molar-refractivity contribution in [2.75, 3.05) is 0 Å². The Morgan fingerprint density at radius 2 is 2.13 bits per heavy atom. The minimum Gasteiger partial charge on any atom is -0.481 e. The molecule has 4 heteroatoms.